The van der Waals surface area contributed by atoms with E-state index in [1.54, 1.807) is 0 Å². The number of hydrogen-bond acceptors (Lipinski definition) is 18. The van der Waals surface area contributed by atoms with Crippen LogP contribution in [-0.2, 0) is 0 Å². The Bertz CT molecular complexity index is 1180. The van der Waals surface area contributed by atoms with Crippen molar-refractivity contribution in [2.24, 2.45) is 0 Å². The second-order valence-electron chi connectivity index (χ2n) is 8.85. The van der Waals surface area contributed by atoms with E-state index in [1.165, 1.54) is 0 Å². The van der Waals surface area contributed by atoms with E-state index in [9.17, 15) is 0 Å². The molecule has 3 aromatic rings. The van der Waals surface area contributed by atoms with Crippen molar-refractivity contribution in [3.8, 4) is 0 Å². The van der Waals surface area contributed by atoms with Crippen molar-refractivity contribution >= 4 is 53.5 Å². The van der Waals surface area contributed by atoms with Gasteiger partial charge >= 0.3 is 0 Å². The highest BCUT2D eigenvalue weighted by molar-refractivity contribution is 5.43. The van der Waals surface area contributed by atoms with Gasteiger partial charge in [-0.1, -0.05) is 0 Å². The molecule has 1 saturated heterocycles. The summed E-state index contributed by atoms with van der Waals surface area (Å²) in [5.74, 6) is 2.84. The van der Waals surface area contributed by atoms with Gasteiger partial charge in [0.15, 0.2) is 0 Å². The number of unbranched alkanes of at least 4 members (excludes halogenated alkanes) is 2. The lowest BCUT2D eigenvalue weighted by Gasteiger charge is -2.16. The van der Waals surface area contributed by atoms with Crippen molar-refractivity contribution in [1.82, 2.24) is 44.9 Å². The summed E-state index contributed by atoms with van der Waals surface area (Å²) < 4.78 is 0. The van der Waals surface area contributed by atoms with Crippen LogP contribution < -0.4 is 49.1 Å². The van der Waals surface area contributed by atoms with Crippen molar-refractivity contribution in [1.29, 1.82) is 0 Å². The van der Waals surface area contributed by atoms with Crippen LogP contribution in [0.1, 0.15) is 38.5 Å². The third kappa shape index (κ3) is 8.93. The summed E-state index contributed by atoms with van der Waals surface area (Å²) in [5.41, 5.74) is 22.8. The van der Waals surface area contributed by atoms with Gasteiger partial charge in [0.05, 0.1) is 0 Å². The van der Waals surface area contributed by atoms with E-state index in [0.717, 1.165) is 51.6 Å². The number of nitrogens with zero attached hydrogens (tertiary/aromatic N) is 10. The molecule has 3 aromatic heterocycles. The maximum atomic E-state index is 5.86. The zero-order chi connectivity index (χ0) is 27.5. The molecule has 1 aliphatic heterocycles. The number of rotatable bonds is 15. The summed E-state index contributed by atoms with van der Waals surface area (Å²) >= 11 is 0. The van der Waals surface area contributed by atoms with Gasteiger partial charge in [-0.2, -0.15) is 44.9 Å². The Balaban J connectivity index is 1.11. The first-order chi connectivity index (χ1) is 18.9. The molecule has 4 rings (SSSR count). The molecule has 18 heteroatoms. The van der Waals surface area contributed by atoms with Gasteiger partial charge in [0.2, 0.25) is 53.5 Å². The smallest absolute Gasteiger partial charge is 0.231 e. The number of nitrogens with one attached hydrogen (secondary N) is 4. The zero-order valence-electron chi connectivity index (χ0n) is 21.8. The molecule has 0 spiro atoms. The van der Waals surface area contributed by atoms with E-state index < -0.39 is 0 Å². The standard InChI is InChI=1S/C21H36N18/c22-13-30-14(23)32-17(31-13)26-7-1-2-8-27-18-33-15(24)34-19(37-18)28-9-3-4-10-29-20-35-16(25)36-21(38-20)39-11-5-6-12-39/h1-12H2,(H3,25,29,35,36,38)(H5,22,23,26,30,31,32)(H4,24,27,28,33,34,37). The van der Waals surface area contributed by atoms with Gasteiger partial charge in [-0.05, 0) is 38.5 Å². The number of nitrogens with two attached hydrogens (primary N) is 4. The lowest BCUT2D eigenvalue weighted by Crippen LogP contribution is -2.22. The summed E-state index contributed by atoms with van der Waals surface area (Å²) in [6.07, 6.45) is 5.71. The molecule has 12 N–H and O–H groups in total. The second-order valence-corrected chi connectivity index (χ2v) is 8.85. The molecule has 0 bridgehead atoms. The minimum atomic E-state index is 0.0803. The lowest BCUT2D eigenvalue weighted by atomic mass is 10.3. The van der Waals surface area contributed by atoms with Crippen molar-refractivity contribution in [2.75, 3.05) is 88.4 Å². The molecule has 0 unspecified atom stereocenters. The highest BCUT2D eigenvalue weighted by atomic mass is 15.3. The molecule has 4 heterocycles. The Kier molecular flexibility index (Phi) is 9.57. The third-order valence-corrected chi connectivity index (χ3v) is 5.69. The highest BCUT2D eigenvalue weighted by Crippen LogP contribution is 2.17. The van der Waals surface area contributed by atoms with Gasteiger partial charge in [0.25, 0.3) is 0 Å². The van der Waals surface area contributed by atoms with E-state index in [2.05, 4.69) is 71.0 Å². The molecule has 0 aliphatic carbocycles. The van der Waals surface area contributed by atoms with E-state index in [1.807, 2.05) is 0 Å². The Morgan fingerprint density at radius 2 is 0.821 bits per heavy atom. The minimum absolute atomic E-state index is 0.0803. The van der Waals surface area contributed by atoms with Gasteiger partial charge in [-0.3, -0.25) is 0 Å². The molecule has 39 heavy (non-hydrogen) atoms. The minimum Gasteiger partial charge on any atom is -0.368 e. The van der Waals surface area contributed by atoms with Gasteiger partial charge in [-0.25, -0.2) is 0 Å². The predicted octanol–water partition coefficient (Wildman–Crippen LogP) is -0.221. The number of aromatic nitrogens is 9. The van der Waals surface area contributed by atoms with Gasteiger partial charge in [0, 0.05) is 39.3 Å². The molecular formula is C21H36N18. The summed E-state index contributed by atoms with van der Waals surface area (Å²) in [5, 5.41) is 12.6. The molecule has 1 fully saturated rings. The topological polar surface area (TPSA) is 271 Å². The molecule has 0 radical (unpaired) electrons. The van der Waals surface area contributed by atoms with Gasteiger partial charge in [0.1, 0.15) is 0 Å². The van der Waals surface area contributed by atoms with Crippen LogP contribution in [0.15, 0.2) is 0 Å². The fourth-order valence-electron chi connectivity index (χ4n) is 3.86. The largest absolute Gasteiger partial charge is 0.368 e. The Labute approximate surface area is 225 Å². The summed E-state index contributed by atoms with van der Waals surface area (Å²) in [6, 6.07) is 0. The second kappa shape index (κ2) is 13.7. The molecule has 1 aliphatic rings. The van der Waals surface area contributed by atoms with E-state index in [-0.39, 0.29) is 23.8 Å². The van der Waals surface area contributed by atoms with Gasteiger partial charge in [-0.15, -0.1) is 0 Å². The van der Waals surface area contributed by atoms with E-state index in [0.29, 0.717) is 55.9 Å². The van der Waals surface area contributed by atoms with Crippen molar-refractivity contribution in [3.05, 3.63) is 0 Å². The quantitative estimate of drug-likeness (QED) is 0.116. The van der Waals surface area contributed by atoms with Crippen molar-refractivity contribution < 1.29 is 0 Å². The molecule has 0 aromatic carbocycles. The molecule has 0 saturated carbocycles. The number of hydrogen-bond donors (Lipinski definition) is 8. The number of nitrogen functional groups attached to an aromatic ring is 4. The van der Waals surface area contributed by atoms with Crippen LogP contribution in [0, 0.1) is 0 Å². The first-order valence-electron chi connectivity index (χ1n) is 12.9. The predicted molar refractivity (Wildman–Crippen MR) is 151 cm³/mol. The lowest BCUT2D eigenvalue weighted by molar-refractivity contribution is 0.777. The normalized spacial score (nSPS) is 12.9. The third-order valence-electron chi connectivity index (χ3n) is 5.69. The molecular weight excluding hydrogens is 504 g/mol. The van der Waals surface area contributed by atoms with E-state index in [4.69, 9.17) is 22.9 Å². The first kappa shape index (κ1) is 27.3. The Morgan fingerprint density at radius 1 is 0.462 bits per heavy atom. The van der Waals surface area contributed by atoms with Crippen LogP contribution in [0.3, 0.4) is 0 Å². The highest BCUT2D eigenvalue weighted by Gasteiger charge is 2.16. The molecule has 18 nitrogen and oxygen atoms in total. The van der Waals surface area contributed by atoms with Crippen LogP contribution in [0.5, 0.6) is 0 Å². The average molecular weight is 541 g/mol. The SMILES string of the molecule is Nc1nc(N)nc(NCCCCNc2nc(N)nc(NCCCCNc3nc(N)nc(N4CCCC4)n3)n2)n1. The van der Waals surface area contributed by atoms with Crippen LogP contribution in [0.2, 0.25) is 0 Å². The Hall–Kier alpha value is -4.77. The van der Waals surface area contributed by atoms with Crippen LogP contribution in [0.25, 0.3) is 0 Å². The van der Waals surface area contributed by atoms with Crippen LogP contribution in [-0.4, -0.2) is 84.1 Å². The molecule has 0 amide bonds. The maximum Gasteiger partial charge on any atom is 0.231 e. The Morgan fingerprint density at radius 3 is 1.28 bits per heavy atom. The van der Waals surface area contributed by atoms with Crippen LogP contribution in [0.4, 0.5) is 53.5 Å². The molecule has 210 valence electrons. The average Bonchev–Trinajstić information content (AvgIpc) is 3.42. The first-order valence-corrected chi connectivity index (χ1v) is 12.9. The fourth-order valence-corrected chi connectivity index (χ4v) is 3.86. The fraction of sp³-hybridized carbons (Fsp3) is 0.571. The van der Waals surface area contributed by atoms with Crippen molar-refractivity contribution in [2.45, 2.75) is 38.5 Å². The number of anilines is 9. The monoisotopic (exact) mass is 540 g/mol. The summed E-state index contributed by atoms with van der Waals surface area (Å²) in [6.45, 7) is 4.55. The van der Waals surface area contributed by atoms with Crippen LogP contribution >= 0.6 is 0 Å². The van der Waals surface area contributed by atoms with E-state index >= 15 is 0 Å². The van der Waals surface area contributed by atoms with Crippen molar-refractivity contribution in [3.63, 3.8) is 0 Å². The van der Waals surface area contributed by atoms with Gasteiger partial charge < -0.3 is 49.1 Å². The zero-order valence-corrected chi connectivity index (χ0v) is 21.8. The maximum absolute atomic E-state index is 5.86. The summed E-state index contributed by atoms with van der Waals surface area (Å²) in [7, 11) is 0. The summed E-state index contributed by atoms with van der Waals surface area (Å²) in [4.78, 5) is 39.4. The molecule has 0 atom stereocenters.